The van der Waals surface area contributed by atoms with Crippen molar-refractivity contribution in [2.45, 2.75) is 51.5 Å². The number of morpholine rings is 1. The maximum Gasteiger partial charge on any atom is 0.0678 e. The minimum atomic E-state index is 0.375. The standard InChI is InChI=1S/C17H27N3O/c1-14-11-20(12-15(2)21-14)17-6-9-19(10-7-17)13-16-5-3-4-8-18-16/h3-5,8,14-15,17H,6-7,9-13H2,1-2H3/t14-,15+. The minimum Gasteiger partial charge on any atom is -0.373 e. The average Bonchev–Trinajstić information content (AvgIpc) is 2.48. The first kappa shape index (κ1) is 14.9. The van der Waals surface area contributed by atoms with Crippen LogP contribution in [0.15, 0.2) is 24.4 Å². The van der Waals surface area contributed by atoms with Gasteiger partial charge >= 0.3 is 0 Å². The van der Waals surface area contributed by atoms with Gasteiger partial charge in [0.15, 0.2) is 0 Å². The number of hydrogen-bond acceptors (Lipinski definition) is 4. The van der Waals surface area contributed by atoms with E-state index in [2.05, 4.69) is 40.8 Å². The molecule has 0 spiro atoms. The molecule has 2 fully saturated rings. The Morgan fingerprint density at radius 1 is 1.14 bits per heavy atom. The highest BCUT2D eigenvalue weighted by Crippen LogP contribution is 2.22. The molecule has 3 heterocycles. The summed E-state index contributed by atoms with van der Waals surface area (Å²) in [5.41, 5.74) is 1.18. The summed E-state index contributed by atoms with van der Waals surface area (Å²) in [7, 11) is 0. The molecule has 21 heavy (non-hydrogen) atoms. The number of hydrogen-bond donors (Lipinski definition) is 0. The Hall–Kier alpha value is -0.970. The zero-order valence-corrected chi connectivity index (χ0v) is 13.2. The van der Waals surface area contributed by atoms with Crippen LogP contribution >= 0.6 is 0 Å². The maximum atomic E-state index is 5.85. The molecule has 0 amide bonds. The molecule has 2 saturated heterocycles. The third-order valence-corrected chi connectivity index (χ3v) is 4.63. The molecule has 3 rings (SSSR count). The normalized spacial score (nSPS) is 29.6. The summed E-state index contributed by atoms with van der Waals surface area (Å²) in [5.74, 6) is 0. The second kappa shape index (κ2) is 6.86. The lowest BCUT2D eigenvalue weighted by Crippen LogP contribution is -2.53. The highest BCUT2D eigenvalue weighted by atomic mass is 16.5. The van der Waals surface area contributed by atoms with Gasteiger partial charge in [0.05, 0.1) is 17.9 Å². The van der Waals surface area contributed by atoms with Crippen molar-refractivity contribution in [2.24, 2.45) is 0 Å². The van der Waals surface area contributed by atoms with Gasteiger partial charge in [0.25, 0.3) is 0 Å². The summed E-state index contributed by atoms with van der Waals surface area (Å²) < 4.78 is 5.85. The molecule has 2 aliphatic heterocycles. The van der Waals surface area contributed by atoms with Crippen LogP contribution in [0.5, 0.6) is 0 Å². The SMILES string of the molecule is C[C@@H]1CN(C2CCN(Cc3ccccn3)CC2)C[C@H](C)O1. The monoisotopic (exact) mass is 289 g/mol. The summed E-state index contributed by atoms with van der Waals surface area (Å²) in [4.78, 5) is 9.62. The van der Waals surface area contributed by atoms with Crippen LogP contribution in [-0.4, -0.2) is 59.2 Å². The molecule has 0 aromatic carbocycles. The van der Waals surface area contributed by atoms with E-state index in [0.29, 0.717) is 12.2 Å². The van der Waals surface area contributed by atoms with Crippen molar-refractivity contribution in [1.82, 2.24) is 14.8 Å². The van der Waals surface area contributed by atoms with Gasteiger partial charge in [-0.15, -0.1) is 0 Å². The van der Waals surface area contributed by atoms with E-state index in [9.17, 15) is 0 Å². The van der Waals surface area contributed by atoms with Gasteiger partial charge in [-0.1, -0.05) is 6.07 Å². The van der Waals surface area contributed by atoms with Crippen molar-refractivity contribution >= 4 is 0 Å². The van der Waals surface area contributed by atoms with Gasteiger partial charge in [-0.05, 0) is 38.8 Å². The van der Waals surface area contributed by atoms with Gasteiger partial charge in [-0.3, -0.25) is 14.8 Å². The summed E-state index contributed by atoms with van der Waals surface area (Å²) in [6.07, 6.45) is 5.18. The van der Waals surface area contributed by atoms with Gasteiger partial charge in [0, 0.05) is 45.0 Å². The Labute approximate surface area is 128 Å². The summed E-state index contributed by atoms with van der Waals surface area (Å²) in [6.45, 7) is 9.93. The molecule has 4 heteroatoms. The van der Waals surface area contributed by atoms with E-state index in [-0.39, 0.29) is 0 Å². The van der Waals surface area contributed by atoms with E-state index in [0.717, 1.165) is 25.7 Å². The summed E-state index contributed by atoms with van der Waals surface area (Å²) in [5, 5.41) is 0. The molecule has 0 N–H and O–H groups in total. The molecule has 0 radical (unpaired) electrons. The molecule has 0 bridgehead atoms. The maximum absolute atomic E-state index is 5.85. The van der Waals surface area contributed by atoms with E-state index in [4.69, 9.17) is 4.74 Å². The third kappa shape index (κ3) is 4.02. The highest BCUT2D eigenvalue weighted by Gasteiger charge is 2.30. The van der Waals surface area contributed by atoms with E-state index >= 15 is 0 Å². The van der Waals surface area contributed by atoms with Crippen molar-refractivity contribution in [3.05, 3.63) is 30.1 Å². The fraction of sp³-hybridized carbons (Fsp3) is 0.706. The second-order valence-electron chi connectivity index (χ2n) is 6.54. The summed E-state index contributed by atoms with van der Waals surface area (Å²) in [6, 6.07) is 6.92. The lowest BCUT2D eigenvalue weighted by molar-refractivity contribution is -0.0866. The van der Waals surface area contributed by atoms with E-state index in [1.165, 1.54) is 31.6 Å². The Balaban J connectivity index is 1.48. The minimum absolute atomic E-state index is 0.375. The molecule has 2 atom stereocenters. The van der Waals surface area contributed by atoms with Gasteiger partial charge < -0.3 is 4.74 Å². The first-order valence-electron chi connectivity index (χ1n) is 8.22. The number of nitrogens with zero attached hydrogens (tertiary/aromatic N) is 3. The molecular formula is C17H27N3O. The number of rotatable bonds is 3. The van der Waals surface area contributed by atoms with Crippen LogP contribution in [0.3, 0.4) is 0 Å². The summed E-state index contributed by atoms with van der Waals surface area (Å²) >= 11 is 0. The highest BCUT2D eigenvalue weighted by molar-refractivity contribution is 5.03. The Bertz CT molecular complexity index is 421. The van der Waals surface area contributed by atoms with Crippen LogP contribution in [0, 0.1) is 0 Å². The van der Waals surface area contributed by atoms with E-state index in [1.54, 1.807) is 0 Å². The van der Waals surface area contributed by atoms with Crippen molar-refractivity contribution < 1.29 is 4.74 Å². The molecule has 0 aliphatic carbocycles. The second-order valence-corrected chi connectivity index (χ2v) is 6.54. The molecule has 116 valence electrons. The quantitative estimate of drug-likeness (QED) is 0.852. The number of pyridine rings is 1. The van der Waals surface area contributed by atoms with Crippen molar-refractivity contribution in [3.63, 3.8) is 0 Å². The number of likely N-dealkylation sites (tertiary alicyclic amines) is 1. The lowest BCUT2D eigenvalue weighted by atomic mass is 10.0. The van der Waals surface area contributed by atoms with Crippen LogP contribution in [-0.2, 0) is 11.3 Å². The van der Waals surface area contributed by atoms with Gasteiger partial charge in [-0.25, -0.2) is 0 Å². The molecule has 0 unspecified atom stereocenters. The van der Waals surface area contributed by atoms with Crippen LogP contribution < -0.4 is 0 Å². The smallest absolute Gasteiger partial charge is 0.0678 e. The van der Waals surface area contributed by atoms with Crippen molar-refractivity contribution in [2.75, 3.05) is 26.2 Å². The zero-order chi connectivity index (χ0) is 14.7. The third-order valence-electron chi connectivity index (χ3n) is 4.63. The van der Waals surface area contributed by atoms with Crippen LogP contribution in [0.25, 0.3) is 0 Å². The average molecular weight is 289 g/mol. The van der Waals surface area contributed by atoms with Crippen LogP contribution in [0.4, 0.5) is 0 Å². The molecule has 2 aliphatic rings. The van der Waals surface area contributed by atoms with Crippen molar-refractivity contribution in [3.8, 4) is 0 Å². The first-order chi connectivity index (χ1) is 10.2. The predicted octanol–water partition coefficient (Wildman–Crippen LogP) is 2.16. The number of ether oxygens (including phenoxy) is 1. The molecule has 1 aromatic heterocycles. The van der Waals surface area contributed by atoms with Gasteiger partial charge in [0.2, 0.25) is 0 Å². The number of aromatic nitrogens is 1. The molecular weight excluding hydrogens is 262 g/mol. The van der Waals surface area contributed by atoms with Gasteiger partial charge in [-0.2, -0.15) is 0 Å². The van der Waals surface area contributed by atoms with Gasteiger partial charge in [0.1, 0.15) is 0 Å². The Kier molecular flexibility index (Phi) is 4.88. The fourth-order valence-corrected chi connectivity index (χ4v) is 3.68. The van der Waals surface area contributed by atoms with Crippen molar-refractivity contribution in [1.29, 1.82) is 0 Å². The largest absolute Gasteiger partial charge is 0.373 e. The molecule has 0 saturated carbocycles. The van der Waals surface area contributed by atoms with E-state index in [1.807, 2.05) is 12.3 Å². The zero-order valence-electron chi connectivity index (χ0n) is 13.2. The van der Waals surface area contributed by atoms with E-state index < -0.39 is 0 Å². The Morgan fingerprint density at radius 2 is 1.86 bits per heavy atom. The molecule has 4 nitrogen and oxygen atoms in total. The molecule has 1 aromatic rings. The number of piperidine rings is 1. The fourth-order valence-electron chi connectivity index (χ4n) is 3.68. The Morgan fingerprint density at radius 3 is 2.48 bits per heavy atom. The lowest BCUT2D eigenvalue weighted by Gasteiger charge is -2.43. The predicted molar refractivity (Wildman–Crippen MR) is 84.1 cm³/mol. The topological polar surface area (TPSA) is 28.6 Å². The van der Waals surface area contributed by atoms with Crippen LogP contribution in [0.2, 0.25) is 0 Å². The van der Waals surface area contributed by atoms with Crippen LogP contribution in [0.1, 0.15) is 32.4 Å². The first-order valence-corrected chi connectivity index (χ1v) is 8.22.